The maximum Gasteiger partial charge on any atom is 0.309 e. The van der Waals surface area contributed by atoms with Crippen LogP contribution in [0.5, 0.6) is 0 Å². The minimum atomic E-state index is -3.78. The molecule has 1 aromatic carbocycles. The van der Waals surface area contributed by atoms with Crippen molar-refractivity contribution in [2.45, 2.75) is 37.6 Å². The first kappa shape index (κ1) is 29.6. The molecule has 0 unspecified atom stereocenters. The van der Waals surface area contributed by atoms with Crippen molar-refractivity contribution in [3.8, 4) is 0 Å². The number of hydrogen-bond acceptors (Lipinski definition) is 9. The van der Waals surface area contributed by atoms with Gasteiger partial charge >= 0.3 is 5.97 Å². The molecule has 2 saturated heterocycles. The lowest BCUT2D eigenvalue weighted by molar-refractivity contribution is -0.149. The van der Waals surface area contributed by atoms with Crippen molar-refractivity contribution >= 4 is 44.1 Å². The number of nitrogens with zero attached hydrogens (tertiary/aromatic N) is 3. The normalized spacial score (nSPS) is 19.0. The summed E-state index contributed by atoms with van der Waals surface area (Å²) in [5, 5.41) is 3.47. The zero-order valence-corrected chi connectivity index (χ0v) is 25.0. The van der Waals surface area contributed by atoms with Gasteiger partial charge in [0, 0.05) is 49.7 Å². The predicted molar refractivity (Wildman–Crippen MR) is 154 cm³/mol. The first-order valence-corrected chi connectivity index (χ1v) is 16.2. The van der Waals surface area contributed by atoms with Gasteiger partial charge in [0.15, 0.2) is 0 Å². The summed E-state index contributed by atoms with van der Waals surface area (Å²) in [7, 11) is -1.75. The maximum atomic E-state index is 13.6. The molecule has 2 fully saturated rings. The molecule has 1 aromatic heterocycles. The molecule has 5 rings (SSSR count). The third-order valence-corrected chi connectivity index (χ3v) is 10.9. The Morgan fingerprint density at radius 3 is 2.39 bits per heavy atom. The number of likely N-dealkylation sites (N-methyl/N-ethyl adjacent to an activating group) is 1. The highest BCUT2D eigenvalue weighted by molar-refractivity contribution is 7.89. The molecule has 13 heteroatoms. The number of fused-ring (bicyclic) bond motifs is 1. The fourth-order valence-corrected chi connectivity index (χ4v) is 8.25. The second kappa shape index (κ2) is 12.6. The number of thiophene rings is 1. The van der Waals surface area contributed by atoms with Crippen LogP contribution in [0.15, 0.2) is 29.2 Å². The summed E-state index contributed by atoms with van der Waals surface area (Å²) in [5.74, 6) is -1.09. The van der Waals surface area contributed by atoms with Gasteiger partial charge in [-0.05, 0) is 63.1 Å². The number of ether oxygens (including phenoxy) is 2. The summed E-state index contributed by atoms with van der Waals surface area (Å²) in [4.78, 5) is 44.0. The average molecular weight is 605 g/mol. The Bertz CT molecular complexity index is 1390. The van der Waals surface area contributed by atoms with Gasteiger partial charge in [0.25, 0.3) is 11.8 Å². The molecule has 222 valence electrons. The number of nitrogens with one attached hydrogen (secondary N) is 1. The molecule has 3 aliphatic rings. The van der Waals surface area contributed by atoms with Crippen LogP contribution in [0.4, 0.5) is 5.00 Å². The standard InChI is InChI=1S/C28H36N4O7S2/c1-3-39-28(35)20-8-12-32(13-9-20)41(36,37)21-6-4-19(5-7-21)25(33)29-26-24(27(34)31-14-16-38-17-15-31)22-10-11-30(2)18-23(22)40-26/h4-7,20H,3,8-18H2,1-2H3,(H,29,33). The third kappa shape index (κ3) is 6.33. The van der Waals surface area contributed by atoms with Gasteiger partial charge in [0.05, 0.1) is 36.2 Å². The molecule has 0 radical (unpaired) electrons. The van der Waals surface area contributed by atoms with Crippen molar-refractivity contribution in [1.82, 2.24) is 14.1 Å². The van der Waals surface area contributed by atoms with E-state index in [2.05, 4.69) is 10.2 Å². The van der Waals surface area contributed by atoms with Crippen LogP contribution in [-0.2, 0) is 37.3 Å². The van der Waals surface area contributed by atoms with Gasteiger partial charge in [-0.2, -0.15) is 4.31 Å². The van der Waals surface area contributed by atoms with E-state index in [1.807, 2.05) is 7.05 Å². The number of carbonyl (C=O) groups is 3. The van der Waals surface area contributed by atoms with Crippen LogP contribution in [0.2, 0.25) is 0 Å². The first-order valence-electron chi connectivity index (χ1n) is 14.0. The number of hydrogen-bond donors (Lipinski definition) is 1. The minimum absolute atomic E-state index is 0.0847. The highest BCUT2D eigenvalue weighted by Gasteiger charge is 2.34. The van der Waals surface area contributed by atoms with Crippen LogP contribution in [-0.4, -0.2) is 99.9 Å². The molecular weight excluding hydrogens is 568 g/mol. The predicted octanol–water partition coefficient (Wildman–Crippen LogP) is 2.42. The number of benzene rings is 1. The van der Waals surface area contributed by atoms with Gasteiger partial charge in [-0.1, -0.05) is 0 Å². The number of piperidine rings is 1. The van der Waals surface area contributed by atoms with E-state index in [0.717, 1.165) is 23.4 Å². The number of rotatable bonds is 7. The number of anilines is 1. The smallest absolute Gasteiger partial charge is 0.309 e. The van der Waals surface area contributed by atoms with Gasteiger partial charge in [0.2, 0.25) is 10.0 Å². The third-order valence-electron chi connectivity index (χ3n) is 7.82. The van der Waals surface area contributed by atoms with Crippen LogP contribution in [0.1, 0.15) is 50.9 Å². The molecule has 2 amide bonds. The highest BCUT2D eigenvalue weighted by Crippen LogP contribution is 2.38. The SMILES string of the molecule is CCOC(=O)C1CCN(S(=O)(=O)c2ccc(C(=O)Nc3sc4c(c3C(=O)N3CCOCC3)CCN(C)C4)cc2)CC1. The van der Waals surface area contributed by atoms with Crippen LogP contribution in [0, 0.1) is 5.92 Å². The van der Waals surface area contributed by atoms with Crippen molar-refractivity contribution in [3.63, 3.8) is 0 Å². The molecule has 41 heavy (non-hydrogen) atoms. The second-order valence-electron chi connectivity index (χ2n) is 10.5. The van der Waals surface area contributed by atoms with Gasteiger partial charge in [-0.15, -0.1) is 11.3 Å². The first-order chi connectivity index (χ1) is 19.7. The van der Waals surface area contributed by atoms with E-state index < -0.39 is 15.9 Å². The van der Waals surface area contributed by atoms with Crippen LogP contribution < -0.4 is 5.32 Å². The summed E-state index contributed by atoms with van der Waals surface area (Å²) >= 11 is 1.42. The summed E-state index contributed by atoms with van der Waals surface area (Å²) in [5.41, 5.74) is 1.84. The minimum Gasteiger partial charge on any atom is -0.466 e. The van der Waals surface area contributed by atoms with E-state index in [0.29, 0.717) is 68.4 Å². The van der Waals surface area contributed by atoms with Gasteiger partial charge < -0.3 is 24.6 Å². The molecule has 0 aliphatic carbocycles. The van der Waals surface area contributed by atoms with E-state index in [4.69, 9.17) is 9.47 Å². The summed E-state index contributed by atoms with van der Waals surface area (Å²) in [6.07, 6.45) is 1.54. The van der Waals surface area contributed by atoms with Crippen molar-refractivity contribution in [2.75, 3.05) is 64.9 Å². The van der Waals surface area contributed by atoms with E-state index in [9.17, 15) is 22.8 Å². The fourth-order valence-electron chi connectivity index (χ4n) is 5.46. The van der Waals surface area contributed by atoms with Crippen molar-refractivity contribution < 1.29 is 32.3 Å². The number of amides is 2. The van der Waals surface area contributed by atoms with Crippen LogP contribution in [0.3, 0.4) is 0 Å². The van der Waals surface area contributed by atoms with Gasteiger partial charge in [-0.3, -0.25) is 14.4 Å². The van der Waals surface area contributed by atoms with E-state index in [1.165, 1.54) is 39.9 Å². The zero-order valence-electron chi connectivity index (χ0n) is 23.4. The lowest BCUT2D eigenvalue weighted by Gasteiger charge is -2.30. The maximum absolute atomic E-state index is 13.6. The molecule has 0 bridgehead atoms. The molecule has 0 saturated carbocycles. The number of esters is 1. The Balaban J connectivity index is 1.30. The zero-order chi connectivity index (χ0) is 29.1. The molecule has 0 spiro atoms. The molecule has 4 heterocycles. The molecule has 11 nitrogen and oxygen atoms in total. The lowest BCUT2D eigenvalue weighted by Crippen LogP contribution is -2.41. The topological polar surface area (TPSA) is 126 Å². The Morgan fingerprint density at radius 2 is 1.73 bits per heavy atom. The molecule has 2 aromatic rings. The quantitative estimate of drug-likeness (QED) is 0.478. The summed E-state index contributed by atoms with van der Waals surface area (Å²) in [6, 6.07) is 5.82. The lowest BCUT2D eigenvalue weighted by atomic mass is 9.98. The summed E-state index contributed by atoms with van der Waals surface area (Å²) in [6.45, 7) is 6.04. The van der Waals surface area contributed by atoms with Crippen molar-refractivity contribution in [3.05, 3.63) is 45.8 Å². The van der Waals surface area contributed by atoms with E-state index >= 15 is 0 Å². The second-order valence-corrected chi connectivity index (χ2v) is 13.6. The number of morpholine rings is 1. The Labute approximate surface area is 244 Å². The van der Waals surface area contributed by atoms with Gasteiger partial charge in [-0.25, -0.2) is 8.42 Å². The monoisotopic (exact) mass is 604 g/mol. The largest absolute Gasteiger partial charge is 0.466 e. The number of sulfonamides is 1. The molecule has 1 N–H and O–H groups in total. The van der Waals surface area contributed by atoms with Crippen LogP contribution in [0.25, 0.3) is 0 Å². The van der Waals surface area contributed by atoms with Crippen molar-refractivity contribution in [2.24, 2.45) is 5.92 Å². The molecule has 0 atom stereocenters. The Kier molecular flexibility index (Phi) is 9.09. The van der Waals surface area contributed by atoms with Gasteiger partial charge in [0.1, 0.15) is 5.00 Å². The Morgan fingerprint density at radius 1 is 1.05 bits per heavy atom. The number of carbonyl (C=O) groups excluding carboxylic acids is 3. The fraction of sp³-hybridized carbons (Fsp3) is 0.536. The molecular formula is C28H36N4O7S2. The van der Waals surface area contributed by atoms with E-state index in [1.54, 1.807) is 11.8 Å². The average Bonchev–Trinajstić information content (AvgIpc) is 3.34. The van der Waals surface area contributed by atoms with Crippen molar-refractivity contribution in [1.29, 1.82) is 0 Å². The highest BCUT2D eigenvalue weighted by atomic mass is 32.2. The summed E-state index contributed by atoms with van der Waals surface area (Å²) < 4.78 is 38.3. The molecule has 3 aliphatic heterocycles. The van der Waals surface area contributed by atoms with Crippen LogP contribution >= 0.6 is 11.3 Å². The Hall–Kier alpha value is -2.84. The van der Waals surface area contributed by atoms with E-state index in [-0.39, 0.29) is 35.8 Å².